The predicted octanol–water partition coefficient (Wildman–Crippen LogP) is 3.30. The van der Waals surface area contributed by atoms with Crippen molar-refractivity contribution in [1.82, 2.24) is 20.2 Å². The normalized spacial score (nSPS) is 13.9. The van der Waals surface area contributed by atoms with E-state index in [0.717, 1.165) is 48.9 Å². The molecule has 1 aromatic heterocycles. The quantitative estimate of drug-likeness (QED) is 0.463. The van der Waals surface area contributed by atoms with Crippen LogP contribution >= 0.6 is 0 Å². The summed E-state index contributed by atoms with van der Waals surface area (Å²) in [5, 5.41) is 5.69. The zero-order chi connectivity index (χ0) is 26.2. The lowest BCUT2D eigenvalue weighted by atomic mass is 9.98. The number of piperazine rings is 1. The minimum absolute atomic E-state index is 0.0935. The van der Waals surface area contributed by atoms with Gasteiger partial charge in [0, 0.05) is 56.9 Å². The Hall–Kier alpha value is -3.98. The highest BCUT2D eigenvalue weighted by Gasteiger charge is 2.20. The van der Waals surface area contributed by atoms with Gasteiger partial charge in [0.25, 0.3) is 5.91 Å². The number of rotatable bonds is 9. The van der Waals surface area contributed by atoms with Gasteiger partial charge in [-0.1, -0.05) is 26.0 Å². The molecule has 2 amide bonds. The van der Waals surface area contributed by atoms with Crippen LogP contribution in [-0.2, 0) is 4.79 Å². The smallest absolute Gasteiger partial charge is 0.251 e. The molecule has 0 aliphatic carbocycles. The van der Waals surface area contributed by atoms with Crippen LogP contribution in [0, 0.1) is 5.92 Å². The Kier molecular flexibility index (Phi) is 8.68. The lowest BCUT2D eigenvalue weighted by Gasteiger charge is -2.34. The average molecular weight is 503 g/mol. The van der Waals surface area contributed by atoms with Crippen LogP contribution < -0.4 is 20.3 Å². The minimum Gasteiger partial charge on any atom is -0.493 e. The van der Waals surface area contributed by atoms with E-state index in [1.54, 1.807) is 37.8 Å². The van der Waals surface area contributed by atoms with Gasteiger partial charge in [-0.3, -0.25) is 19.5 Å². The Morgan fingerprint density at radius 3 is 2.43 bits per heavy atom. The molecule has 2 N–H and O–H groups in total. The Morgan fingerprint density at radius 1 is 1.03 bits per heavy atom. The summed E-state index contributed by atoms with van der Waals surface area (Å²) in [5.74, 6) is 1.79. The van der Waals surface area contributed by atoms with Gasteiger partial charge in [0.15, 0.2) is 0 Å². The number of anilines is 2. The number of carbonyl (C=O) groups excluding carboxylic acids is 2. The van der Waals surface area contributed by atoms with Gasteiger partial charge in [-0.05, 0) is 47.4 Å². The van der Waals surface area contributed by atoms with Crippen LogP contribution in [-0.4, -0.2) is 73.1 Å². The number of hydrogen-bond donors (Lipinski definition) is 2. The molecule has 2 heterocycles. The van der Waals surface area contributed by atoms with Gasteiger partial charge < -0.3 is 20.3 Å². The van der Waals surface area contributed by atoms with Crippen LogP contribution in [0.2, 0.25) is 0 Å². The number of nitrogens with one attached hydrogen (secondary N) is 2. The van der Waals surface area contributed by atoms with Crippen molar-refractivity contribution in [3.05, 3.63) is 66.6 Å². The highest BCUT2D eigenvalue weighted by molar-refractivity contribution is 6.02. The summed E-state index contributed by atoms with van der Waals surface area (Å²) < 4.78 is 5.79. The second kappa shape index (κ2) is 12.3. The van der Waals surface area contributed by atoms with Crippen molar-refractivity contribution in [2.45, 2.75) is 13.8 Å². The maximum atomic E-state index is 12.8. The van der Waals surface area contributed by atoms with Crippen molar-refractivity contribution in [2.24, 2.45) is 5.92 Å². The van der Waals surface area contributed by atoms with Crippen molar-refractivity contribution in [1.29, 1.82) is 0 Å². The number of carbonyl (C=O) groups is 2. The number of hydrogen-bond acceptors (Lipinski definition) is 7. The number of aromatic nitrogens is 2. The molecule has 4 rings (SSSR count). The minimum atomic E-state index is -0.186. The summed E-state index contributed by atoms with van der Waals surface area (Å²) in [6.45, 7) is 8.23. The van der Waals surface area contributed by atoms with E-state index in [-0.39, 0.29) is 11.8 Å². The van der Waals surface area contributed by atoms with Gasteiger partial charge in [0.2, 0.25) is 5.91 Å². The molecule has 2 aromatic carbocycles. The summed E-state index contributed by atoms with van der Waals surface area (Å²) in [4.78, 5) is 38.2. The second-order valence-electron chi connectivity index (χ2n) is 9.44. The van der Waals surface area contributed by atoms with Crippen LogP contribution in [0.5, 0.6) is 5.75 Å². The molecule has 1 saturated heterocycles. The number of nitrogens with zero attached hydrogens (tertiary/aromatic N) is 4. The first-order valence-electron chi connectivity index (χ1n) is 12.6. The Balaban J connectivity index is 1.41. The topological polar surface area (TPSA) is 99.7 Å². The maximum absolute atomic E-state index is 12.8. The zero-order valence-electron chi connectivity index (χ0n) is 21.6. The standard InChI is InChI=1S/C28H34N6O3/c1-20(2)19-37-23-7-4-21(5-8-23)25-16-22(6-9-24(25)28(36)29-3)32-27(35)18-33-12-14-34(15-13-33)26-17-30-10-11-31-26/h4-11,16-17,20H,12-15,18-19H2,1-3H3,(H,29,36)(H,32,35). The Bertz CT molecular complexity index is 1190. The summed E-state index contributed by atoms with van der Waals surface area (Å²) in [6, 6.07) is 13.0. The summed E-state index contributed by atoms with van der Waals surface area (Å²) >= 11 is 0. The second-order valence-corrected chi connectivity index (χ2v) is 9.44. The van der Waals surface area contributed by atoms with E-state index in [0.29, 0.717) is 30.3 Å². The third-order valence-corrected chi connectivity index (χ3v) is 6.14. The van der Waals surface area contributed by atoms with Crippen molar-refractivity contribution in [3.63, 3.8) is 0 Å². The molecule has 9 nitrogen and oxygen atoms in total. The molecule has 194 valence electrons. The van der Waals surface area contributed by atoms with Crippen molar-refractivity contribution < 1.29 is 14.3 Å². The first kappa shape index (κ1) is 26.1. The molecule has 0 saturated carbocycles. The first-order valence-corrected chi connectivity index (χ1v) is 12.6. The van der Waals surface area contributed by atoms with Crippen LogP contribution in [0.3, 0.4) is 0 Å². The molecule has 0 radical (unpaired) electrons. The molecule has 3 aromatic rings. The van der Waals surface area contributed by atoms with Gasteiger partial charge in [0.1, 0.15) is 11.6 Å². The lowest BCUT2D eigenvalue weighted by molar-refractivity contribution is -0.117. The summed E-state index contributed by atoms with van der Waals surface area (Å²) in [5.41, 5.74) is 2.79. The fourth-order valence-electron chi connectivity index (χ4n) is 4.18. The summed E-state index contributed by atoms with van der Waals surface area (Å²) in [7, 11) is 1.61. The molecule has 9 heteroatoms. The largest absolute Gasteiger partial charge is 0.493 e. The molecule has 1 aliphatic rings. The average Bonchev–Trinajstić information content (AvgIpc) is 2.92. The van der Waals surface area contributed by atoms with Gasteiger partial charge >= 0.3 is 0 Å². The fourth-order valence-corrected chi connectivity index (χ4v) is 4.18. The van der Waals surface area contributed by atoms with Crippen LogP contribution in [0.25, 0.3) is 11.1 Å². The third-order valence-electron chi connectivity index (χ3n) is 6.14. The maximum Gasteiger partial charge on any atom is 0.251 e. The van der Waals surface area contributed by atoms with E-state index in [4.69, 9.17) is 4.74 Å². The van der Waals surface area contributed by atoms with E-state index in [1.807, 2.05) is 30.3 Å². The van der Waals surface area contributed by atoms with Gasteiger partial charge in [-0.2, -0.15) is 0 Å². The highest BCUT2D eigenvalue weighted by atomic mass is 16.5. The van der Waals surface area contributed by atoms with E-state index in [1.165, 1.54) is 0 Å². The SMILES string of the molecule is CNC(=O)c1ccc(NC(=O)CN2CCN(c3cnccn3)CC2)cc1-c1ccc(OCC(C)C)cc1. The fraction of sp³-hybridized carbons (Fsp3) is 0.357. The predicted molar refractivity (Wildman–Crippen MR) is 145 cm³/mol. The number of amides is 2. The number of benzene rings is 2. The van der Waals surface area contributed by atoms with Crippen molar-refractivity contribution >= 4 is 23.3 Å². The molecule has 0 unspecified atom stereocenters. The molecular weight excluding hydrogens is 468 g/mol. The van der Waals surface area contributed by atoms with Crippen LogP contribution in [0.4, 0.5) is 11.5 Å². The summed E-state index contributed by atoms with van der Waals surface area (Å²) in [6.07, 6.45) is 5.11. The first-order chi connectivity index (χ1) is 17.9. The zero-order valence-corrected chi connectivity index (χ0v) is 21.6. The van der Waals surface area contributed by atoms with Gasteiger partial charge in [-0.15, -0.1) is 0 Å². The molecule has 0 spiro atoms. The van der Waals surface area contributed by atoms with Crippen LogP contribution in [0.1, 0.15) is 24.2 Å². The molecule has 1 fully saturated rings. The van der Waals surface area contributed by atoms with Crippen molar-refractivity contribution in [3.8, 4) is 16.9 Å². The van der Waals surface area contributed by atoms with E-state index in [9.17, 15) is 9.59 Å². The van der Waals surface area contributed by atoms with E-state index < -0.39 is 0 Å². The van der Waals surface area contributed by atoms with Crippen molar-refractivity contribution in [2.75, 3.05) is 56.6 Å². The molecular formula is C28H34N6O3. The van der Waals surface area contributed by atoms with Gasteiger partial charge in [-0.25, -0.2) is 4.98 Å². The number of ether oxygens (including phenoxy) is 1. The van der Waals surface area contributed by atoms with Crippen LogP contribution in [0.15, 0.2) is 61.1 Å². The third kappa shape index (κ3) is 7.04. The molecule has 0 bridgehead atoms. The van der Waals surface area contributed by atoms with E-state index >= 15 is 0 Å². The highest BCUT2D eigenvalue weighted by Crippen LogP contribution is 2.29. The lowest BCUT2D eigenvalue weighted by Crippen LogP contribution is -2.49. The Morgan fingerprint density at radius 2 is 1.78 bits per heavy atom. The molecule has 37 heavy (non-hydrogen) atoms. The molecule has 0 atom stereocenters. The van der Waals surface area contributed by atoms with E-state index in [2.05, 4.69) is 44.2 Å². The Labute approximate surface area is 217 Å². The van der Waals surface area contributed by atoms with Gasteiger partial charge in [0.05, 0.1) is 19.3 Å². The monoisotopic (exact) mass is 502 g/mol. The molecule has 1 aliphatic heterocycles.